The van der Waals surface area contributed by atoms with Crippen LogP contribution >= 0.6 is 0 Å². The highest BCUT2D eigenvalue weighted by Gasteiger charge is 2.30. The second kappa shape index (κ2) is 10.2. The molecule has 1 fully saturated rings. The minimum atomic E-state index is -0.349. The van der Waals surface area contributed by atoms with Gasteiger partial charge >= 0.3 is 0 Å². The maximum atomic E-state index is 13.2. The number of amides is 1. The molecule has 3 heterocycles. The van der Waals surface area contributed by atoms with Gasteiger partial charge in [0.15, 0.2) is 5.82 Å². The van der Waals surface area contributed by atoms with Crippen molar-refractivity contribution in [2.75, 3.05) is 12.8 Å². The van der Waals surface area contributed by atoms with Crippen LogP contribution in [-0.2, 0) is 19.6 Å². The van der Waals surface area contributed by atoms with Crippen LogP contribution in [-0.4, -0.2) is 37.3 Å². The van der Waals surface area contributed by atoms with E-state index >= 15 is 0 Å². The number of pyridine rings is 1. The predicted molar refractivity (Wildman–Crippen MR) is 145 cm³/mol. The number of rotatable bonds is 9. The Balaban J connectivity index is 1.16. The van der Waals surface area contributed by atoms with Gasteiger partial charge in [0.2, 0.25) is 0 Å². The number of nitrogen functional groups attached to an aromatic ring is 1. The summed E-state index contributed by atoms with van der Waals surface area (Å²) >= 11 is 0. The van der Waals surface area contributed by atoms with Crippen molar-refractivity contribution in [3.8, 4) is 5.75 Å². The fourth-order valence-corrected chi connectivity index (χ4v) is 4.76. The number of nitrogens with two attached hydrogens (primary N) is 1. The number of nitrogens with one attached hydrogen (secondary N) is 1. The van der Waals surface area contributed by atoms with E-state index < -0.39 is 0 Å². The molecule has 3 N–H and O–H groups in total. The van der Waals surface area contributed by atoms with Gasteiger partial charge in [-0.1, -0.05) is 24.3 Å². The molecule has 5 aromatic rings. The molecule has 1 amide bonds. The van der Waals surface area contributed by atoms with Crippen molar-refractivity contribution >= 4 is 22.5 Å². The Kier molecular flexibility index (Phi) is 6.44. The minimum Gasteiger partial charge on any atom is -0.496 e. The first-order chi connectivity index (χ1) is 19.0. The number of ether oxygens (including phenoxy) is 1. The van der Waals surface area contributed by atoms with E-state index in [1.54, 1.807) is 18.0 Å². The smallest absolute Gasteiger partial charge is 0.271 e. The lowest BCUT2D eigenvalue weighted by Gasteiger charge is -2.12. The van der Waals surface area contributed by atoms with E-state index in [4.69, 9.17) is 15.5 Å². The molecule has 39 heavy (non-hydrogen) atoms. The molecule has 2 aromatic carbocycles. The molecule has 6 rings (SSSR count). The minimum absolute atomic E-state index is 0.242. The van der Waals surface area contributed by atoms with Crippen molar-refractivity contribution in [2.24, 2.45) is 0 Å². The van der Waals surface area contributed by atoms with Crippen LogP contribution < -0.4 is 15.8 Å². The fourth-order valence-electron chi connectivity index (χ4n) is 4.76. The Labute approximate surface area is 224 Å². The maximum Gasteiger partial charge on any atom is 0.271 e. The molecule has 1 aliphatic rings. The van der Waals surface area contributed by atoms with E-state index in [-0.39, 0.29) is 18.3 Å². The molecule has 0 unspecified atom stereocenters. The number of anilines is 1. The Hall–Kier alpha value is -4.73. The molecule has 1 aliphatic carbocycles. The van der Waals surface area contributed by atoms with Crippen LogP contribution in [0.1, 0.15) is 51.8 Å². The average Bonchev–Trinajstić information content (AvgIpc) is 3.57. The maximum absolute atomic E-state index is 13.2. The summed E-state index contributed by atoms with van der Waals surface area (Å²) in [6, 6.07) is 13.8. The van der Waals surface area contributed by atoms with Gasteiger partial charge in [0, 0.05) is 42.4 Å². The second-order valence-electron chi connectivity index (χ2n) is 9.82. The molecule has 9 nitrogen and oxygen atoms in total. The van der Waals surface area contributed by atoms with Gasteiger partial charge in [-0.15, -0.1) is 0 Å². The van der Waals surface area contributed by atoms with Crippen LogP contribution in [0, 0.1) is 5.82 Å². The molecule has 0 radical (unpaired) electrons. The molecular weight excluding hydrogens is 497 g/mol. The van der Waals surface area contributed by atoms with Gasteiger partial charge in [0.1, 0.15) is 23.1 Å². The van der Waals surface area contributed by atoms with Crippen LogP contribution in [0.5, 0.6) is 5.75 Å². The van der Waals surface area contributed by atoms with E-state index in [1.807, 2.05) is 48.7 Å². The first kappa shape index (κ1) is 24.6. The largest absolute Gasteiger partial charge is 0.496 e. The number of benzene rings is 2. The van der Waals surface area contributed by atoms with E-state index in [0.29, 0.717) is 36.3 Å². The number of carbonyl (C=O) groups is 1. The standard InChI is InChI=1S/C29H28FN7O2/c1-39-26-11-24-21(8-9-32-27(24)31)10-22(26)12-33-29(38)25-17-36(28(35-25)20-6-7-20)14-18-2-4-19(5-3-18)15-37-16-23(30)13-34-37/h2-5,8-11,13,16-17,20H,6-7,12,14-15H2,1H3,(H2,31,32)(H,33,38). The van der Waals surface area contributed by atoms with Crippen molar-refractivity contribution in [2.45, 2.75) is 38.4 Å². The molecule has 1 saturated carbocycles. The van der Waals surface area contributed by atoms with Crippen LogP contribution in [0.15, 0.2) is 67.3 Å². The molecule has 198 valence electrons. The van der Waals surface area contributed by atoms with E-state index in [9.17, 15) is 9.18 Å². The number of hydrogen-bond donors (Lipinski definition) is 2. The number of hydrogen-bond acceptors (Lipinski definition) is 6. The third-order valence-electron chi connectivity index (χ3n) is 6.94. The Morgan fingerprint density at radius 1 is 1.13 bits per heavy atom. The molecule has 0 atom stereocenters. The Bertz CT molecular complexity index is 1650. The molecular formula is C29H28FN7O2. The number of halogens is 1. The highest BCUT2D eigenvalue weighted by Crippen LogP contribution is 2.39. The van der Waals surface area contributed by atoms with Gasteiger partial charge in [0.25, 0.3) is 5.91 Å². The normalized spacial score (nSPS) is 13.1. The SMILES string of the molecule is COc1cc2c(N)nccc2cc1CNC(=O)c1cn(Cc2ccc(Cn3cc(F)cn3)cc2)c(C2CC2)n1. The van der Waals surface area contributed by atoms with Gasteiger partial charge in [-0.05, 0) is 47.6 Å². The first-order valence-corrected chi connectivity index (χ1v) is 12.8. The van der Waals surface area contributed by atoms with Gasteiger partial charge in [-0.25, -0.2) is 14.4 Å². The molecule has 3 aromatic heterocycles. The van der Waals surface area contributed by atoms with E-state index in [0.717, 1.165) is 46.1 Å². The number of carbonyl (C=O) groups excluding carboxylic acids is 1. The highest BCUT2D eigenvalue weighted by molar-refractivity contribution is 5.94. The van der Waals surface area contributed by atoms with Crippen LogP contribution in [0.25, 0.3) is 10.8 Å². The summed E-state index contributed by atoms with van der Waals surface area (Å²) in [6.45, 7) is 1.39. The number of methoxy groups -OCH3 is 1. The number of nitrogens with zero attached hydrogens (tertiary/aromatic N) is 5. The quantitative estimate of drug-likeness (QED) is 0.297. The lowest BCUT2D eigenvalue weighted by molar-refractivity contribution is 0.0946. The Morgan fingerprint density at radius 3 is 2.59 bits per heavy atom. The number of aromatic nitrogens is 5. The molecule has 0 aliphatic heterocycles. The first-order valence-electron chi connectivity index (χ1n) is 12.8. The fraction of sp³-hybridized carbons (Fsp3) is 0.241. The van der Waals surface area contributed by atoms with Crippen molar-refractivity contribution in [3.05, 3.63) is 101 Å². The van der Waals surface area contributed by atoms with E-state index in [2.05, 4.69) is 20.0 Å². The summed E-state index contributed by atoms with van der Waals surface area (Å²) in [5.41, 5.74) is 9.35. The van der Waals surface area contributed by atoms with Gasteiger partial charge in [-0.3, -0.25) is 9.48 Å². The van der Waals surface area contributed by atoms with E-state index in [1.165, 1.54) is 12.4 Å². The summed E-state index contributed by atoms with van der Waals surface area (Å²) < 4.78 is 22.4. The van der Waals surface area contributed by atoms with Crippen molar-refractivity contribution < 1.29 is 13.9 Å². The van der Waals surface area contributed by atoms with Crippen molar-refractivity contribution in [3.63, 3.8) is 0 Å². The monoisotopic (exact) mass is 525 g/mol. The molecule has 0 bridgehead atoms. The third kappa shape index (κ3) is 5.31. The second-order valence-corrected chi connectivity index (χ2v) is 9.82. The zero-order chi connectivity index (χ0) is 26.9. The predicted octanol–water partition coefficient (Wildman–Crippen LogP) is 4.26. The zero-order valence-electron chi connectivity index (χ0n) is 21.5. The Morgan fingerprint density at radius 2 is 1.90 bits per heavy atom. The summed E-state index contributed by atoms with van der Waals surface area (Å²) in [4.78, 5) is 22.0. The topological polar surface area (TPSA) is 113 Å². The van der Waals surface area contributed by atoms with Crippen LogP contribution in [0.3, 0.4) is 0 Å². The van der Waals surface area contributed by atoms with Gasteiger partial charge in [0.05, 0.1) is 26.0 Å². The summed E-state index contributed by atoms with van der Waals surface area (Å²) in [5, 5.41) is 8.72. The highest BCUT2D eigenvalue weighted by atomic mass is 19.1. The van der Waals surface area contributed by atoms with Gasteiger partial charge < -0.3 is 20.4 Å². The number of imidazole rings is 1. The van der Waals surface area contributed by atoms with Gasteiger partial charge in [-0.2, -0.15) is 5.10 Å². The van der Waals surface area contributed by atoms with Crippen LogP contribution in [0.2, 0.25) is 0 Å². The molecule has 10 heteroatoms. The van der Waals surface area contributed by atoms with Crippen molar-refractivity contribution in [1.82, 2.24) is 29.6 Å². The third-order valence-corrected chi connectivity index (χ3v) is 6.94. The van der Waals surface area contributed by atoms with Crippen molar-refractivity contribution in [1.29, 1.82) is 0 Å². The summed E-state index contributed by atoms with van der Waals surface area (Å²) in [6.07, 6.45) is 8.21. The summed E-state index contributed by atoms with van der Waals surface area (Å²) in [5.74, 6) is 1.78. The summed E-state index contributed by atoms with van der Waals surface area (Å²) in [7, 11) is 1.59. The zero-order valence-corrected chi connectivity index (χ0v) is 21.5. The average molecular weight is 526 g/mol. The molecule has 0 saturated heterocycles. The van der Waals surface area contributed by atoms with Crippen LogP contribution in [0.4, 0.5) is 10.2 Å². The lowest BCUT2D eigenvalue weighted by Crippen LogP contribution is -2.23. The molecule has 0 spiro atoms. The number of fused-ring (bicyclic) bond motifs is 1. The lowest BCUT2D eigenvalue weighted by atomic mass is 10.1.